The van der Waals surface area contributed by atoms with E-state index in [0.29, 0.717) is 38.8 Å². The van der Waals surface area contributed by atoms with Crippen molar-refractivity contribution in [1.82, 2.24) is 10.1 Å². The summed E-state index contributed by atoms with van der Waals surface area (Å²) in [5.74, 6) is -1.53. The minimum absolute atomic E-state index is 0.0784. The number of ether oxygens (including phenoxy) is 1. The van der Waals surface area contributed by atoms with Crippen LogP contribution in [-0.2, 0) is 27.2 Å². The van der Waals surface area contributed by atoms with Gasteiger partial charge in [-0.2, -0.15) is 0 Å². The highest BCUT2D eigenvalue weighted by Gasteiger charge is 2.23. The largest absolute Gasteiger partial charge is 0.481 e. The van der Waals surface area contributed by atoms with Crippen LogP contribution in [0.4, 0.5) is 4.39 Å². The van der Waals surface area contributed by atoms with E-state index in [1.807, 2.05) is 6.07 Å². The Morgan fingerprint density at radius 1 is 1.18 bits per heavy atom. The summed E-state index contributed by atoms with van der Waals surface area (Å²) in [6.07, 6.45) is -0.934. The molecule has 0 aliphatic carbocycles. The molecule has 1 N–H and O–H groups in total. The third-order valence-corrected chi connectivity index (χ3v) is 6.11. The predicted octanol–water partition coefficient (Wildman–Crippen LogP) is 5.39. The molecule has 0 unspecified atom stereocenters. The van der Waals surface area contributed by atoms with Crippen LogP contribution < -0.4 is 0 Å². The molecule has 0 saturated heterocycles. The van der Waals surface area contributed by atoms with Crippen molar-refractivity contribution in [3.8, 4) is 22.0 Å². The molecular weight excluding hydrogens is 459 g/mol. The Kier molecular flexibility index (Phi) is 6.83. The van der Waals surface area contributed by atoms with Gasteiger partial charge in [0.05, 0.1) is 18.5 Å². The lowest BCUT2D eigenvalue weighted by atomic mass is 10.1. The standard InChI is InChI=1S/C25H21FN2O5S/c1-14-19(12-23(31)32-15(2)18-8-3-4-9-20(18)26)24(33-28-14)21-13-34-25(27-21)17-7-5-6-16(10-17)11-22(29)30/h3-10,13,15H,11-12H2,1-2H3,(H,29,30)/t15-/m1/s1. The van der Waals surface area contributed by atoms with Crippen molar-refractivity contribution in [2.24, 2.45) is 0 Å². The Morgan fingerprint density at radius 2 is 1.97 bits per heavy atom. The number of carbonyl (C=O) groups excluding carboxylic acids is 1. The van der Waals surface area contributed by atoms with Crippen molar-refractivity contribution in [2.45, 2.75) is 32.8 Å². The first-order valence-electron chi connectivity index (χ1n) is 10.5. The molecule has 0 aliphatic rings. The van der Waals surface area contributed by atoms with Gasteiger partial charge in [0.2, 0.25) is 0 Å². The Hall–Kier alpha value is -3.85. The number of carboxylic acid groups (broad SMARTS) is 1. The lowest BCUT2D eigenvalue weighted by molar-refractivity contribution is -0.147. The number of esters is 1. The normalized spacial score (nSPS) is 11.9. The highest BCUT2D eigenvalue weighted by Crippen LogP contribution is 2.33. The van der Waals surface area contributed by atoms with E-state index in [2.05, 4.69) is 10.1 Å². The molecule has 34 heavy (non-hydrogen) atoms. The molecule has 0 saturated carbocycles. The van der Waals surface area contributed by atoms with Gasteiger partial charge < -0.3 is 14.4 Å². The van der Waals surface area contributed by atoms with E-state index >= 15 is 0 Å². The zero-order valence-corrected chi connectivity index (χ0v) is 19.3. The van der Waals surface area contributed by atoms with Crippen molar-refractivity contribution in [3.63, 3.8) is 0 Å². The second-order valence-corrected chi connectivity index (χ2v) is 8.57. The Bertz CT molecular complexity index is 1350. The number of carbonyl (C=O) groups is 2. The SMILES string of the molecule is Cc1noc(-c2csc(-c3cccc(CC(=O)O)c3)n2)c1CC(=O)O[C@H](C)c1ccccc1F. The fraction of sp³-hybridized carbons (Fsp3) is 0.200. The van der Waals surface area contributed by atoms with Gasteiger partial charge in [0.15, 0.2) is 5.76 Å². The van der Waals surface area contributed by atoms with E-state index in [1.165, 1.54) is 17.4 Å². The van der Waals surface area contributed by atoms with E-state index in [-0.39, 0.29) is 12.8 Å². The summed E-state index contributed by atoms with van der Waals surface area (Å²) in [5.41, 5.74) is 3.34. The Morgan fingerprint density at radius 3 is 2.74 bits per heavy atom. The number of thiazole rings is 1. The highest BCUT2D eigenvalue weighted by atomic mass is 32.1. The lowest BCUT2D eigenvalue weighted by Crippen LogP contribution is -2.13. The van der Waals surface area contributed by atoms with Crippen LogP contribution in [0.15, 0.2) is 58.4 Å². The molecular formula is C25H21FN2O5S. The van der Waals surface area contributed by atoms with E-state index in [0.717, 1.165) is 5.56 Å². The number of carboxylic acids is 1. The van der Waals surface area contributed by atoms with E-state index in [9.17, 15) is 14.0 Å². The zero-order chi connectivity index (χ0) is 24.2. The van der Waals surface area contributed by atoms with Crippen LogP contribution in [0.3, 0.4) is 0 Å². The summed E-state index contributed by atoms with van der Waals surface area (Å²) in [6.45, 7) is 3.33. The summed E-state index contributed by atoms with van der Waals surface area (Å²) >= 11 is 1.37. The maximum atomic E-state index is 14.0. The number of halogens is 1. The van der Waals surface area contributed by atoms with Gasteiger partial charge in [0.25, 0.3) is 0 Å². The molecule has 0 radical (unpaired) electrons. The van der Waals surface area contributed by atoms with E-state index < -0.39 is 23.9 Å². The van der Waals surface area contributed by atoms with Gasteiger partial charge in [0, 0.05) is 22.1 Å². The molecule has 1 atom stereocenters. The second-order valence-electron chi connectivity index (χ2n) is 7.71. The average molecular weight is 481 g/mol. The van der Waals surface area contributed by atoms with Crippen molar-refractivity contribution >= 4 is 23.3 Å². The van der Waals surface area contributed by atoms with Gasteiger partial charge >= 0.3 is 11.9 Å². The third kappa shape index (κ3) is 5.20. The second kappa shape index (κ2) is 9.96. The Labute approximate surface area is 198 Å². The van der Waals surface area contributed by atoms with Gasteiger partial charge in [0.1, 0.15) is 22.6 Å². The van der Waals surface area contributed by atoms with Crippen LogP contribution in [0, 0.1) is 12.7 Å². The quantitative estimate of drug-likeness (QED) is 0.338. The average Bonchev–Trinajstić information content (AvgIpc) is 3.41. The van der Waals surface area contributed by atoms with Crippen molar-refractivity contribution in [3.05, 3.63) is 82.1 Å². The fourth-order valence-corrected chi connectivity index (χ4v) is 4.35. The predicted molar refractivity (Wildman–Crippen MR) is 124 cm³/mol. The molecule has 4 aromatic rings. The number of rotatable bonds is 8. The van der Waals surface area contributed by atoms with Crippen LogP contribution in [0.25, 0.3) is 22.0 Å². The van der Waals surface area contributed by atoms with Crippen LogP contribution >= 0.6 is 11.3 Å². The molecule has 9 heteroatoms. The first-order valence-corrected chi connectivity index (χ1v) is 11.4. The molecule has 0 spiro atoms. The van der Waals surface area contributed by atoms with Crippen molar-refractivity contribution in [1.29, 1.82) is 0 Å². The van der Waals surface area contributed by atoms with E-state index in [1.54, 1.807) is 55.6 Å². The monoisotopic (exact) mass is 480 g/mol. The summed E-state index contributed by atoms with van der Waals surface area (Å²) in [6, 6.07) is 13.3. The molecule has 4 rings (SSSR count). The topological polar surface area (TPSA) is 103 Å². The summed E-state index contributed by atoms with van der Waals surface area (Å²) in [5, 5.41) is 15.5. The van der Waals surface area contributed by atoms with Crippen LogP contribution in [-0.4, -0.2) is 27.2 Å². The number of aryl methyl sites for hydroxylation is 1. The number of aliphatic carboxylic acids is 1. The van der Waals surface area contributed by atoms with Crippen LogP contribution in [0.2, 0.25) is 0 Å². The van der Waals surface area contributed by atoms with Gasteiger partial charge in [-0.25, -0.2) is 9.37 Å². The minimum atomic E-state index is -0.907. The molecule has 0 aliphatic heterocycles. The van der Waals surface area contributed by atoms with Crippen molar-refractivity contribution in [2.75, 3.05) is 0 Å². The maximum absolute atomic E-state index is 14.0. The maximum Gasteiger partial charge on any atom is 0.311 e. The van der Waals surface area contributed by atoms with Gasteiger partial charge in [-0.1, -0.05) is 41.6 Å². The number of hydrogen-bond acceptors (Lipinski definition) is 7. The summed E-state index contributed by atoms with van der Waals surface area (Å²) in [7, 11) is 0. The van der Waals surface area contributed by atoms with Gasteiger partial charge in [-0.05, 0) is 31.5 Å². The molecule has 2 aromatic carbocycles. The number of hydrogen-bond donors (Lipinski definition) is 1. The van der Waals surface area contributed by atoms with Crippen molar-refractivity contribution < 1.29 is 28.3 Å². The first kappa shape index (κ1) is 23.3. The molecule has 0 bridgehead atoms. The third-order valence-electron chi connectivity index (χ3n) is 5.22. The molecule has 2 aromatic heterocycles. The molecule has 0 amide bonds. The van der Waals surface area contributed by atoms with Gasteiger partial charge in [-0.3, -0.25) is 9.59 Å². The Balaban J connectivity index is 1.52. The van der Waals surface area contributed by atoms with Crippen LogP contribution in [0.5, 0.6) is 0 Å². The van der Waals surface area contributed by atoms with Crippen LogP contribution in [0.1, 0.15) is 35.4 Å². The molecule has 7 nitrogen and oxygen atoms in total. The summed E-state index contributed by atoms with van der Waals surface area (Å²) < 4.78 is 24.9. The first-order chi connectivity index (χ1) is 16.3. The summed E-state index contributed by atoms with van der Waals surface area (Å²) in [4.78, 5) is 28.2. The molecule has 0 fully saturated rings. The zero-order valence-electron chi connectivity index (χ0n) is 18.4. The lowest BCUT2D eigenvalue weighted by Gasteiger charge is -2.14. The number of aromatic nitrogens is 2. The number of nitrogens with zero attached hydrogens (tertiary/aromatic N) is 2. The fourth-order valence-electron chi connectivity index (χ4n) is 3.55. The van der Waals surface area contributed by atoms with E-state index in [4.69, 9.17) is 14.4 Å². The smallest absolute Gasteiger partial charge is 0.311 e. The minimum Gasteiger partial charge on any atom is -0.481 e. The highest BCUT2D eigenvalue weighted by molar-refractivity contribution is 7.13. The molecule has 2 heterocycles. The number of benzene rings is 2. The van der Waals surface area contributed by atoms with Gasteiger partial charge in [-0.15, -0.1) is 11.3 Å². The molecule has 174 valence electrons.